The molecule has 0 bridgehead atoms. The van der Waals surface area contributed by atoms with Crippen LogP contribution in [0.25, 0.3) is 0 Å². The maximum Gasteiger partial charge on any atom is 0.182 e. The minimum atomic E-state index is -3.28. The first kappa shape index (κ1) is 14.5. The van der Waals surface area contributed by atoms with Gasteiger partial charge in [-0.05, 0) is 18.1 Å². The Kier molecular flexibility index (Phi) is 5.46. The second-order valence-electron chi connectivity index (χ2n) is 3.86. The molecule has 96 valence electrons. The molecule has 17 heavy (non-hydrogen) atoms. The highest BCUT2D eigenvalue weighted by Gasteiger charge is 2.22. The molecule has 0 saturated carbocycles. The fraction of sp³-hybridized carbons (Fsp3) is 0.500. The van der Waals surface area contributed by atoms with E-state index < -0.39 is 9.84 Å². The van der Waals surface area contributed by atoms with Crippen molar-refractivity contribution < 1.29 is 13.2 Å². The Morgan fingerprint density at radius 3 is 2.53 bits per heavy atom. The van der Waals surface area contributed by atoms with Gasteiger partial charge in [0.25, 0.3) is 0 Å². The summed E-state index contributed by atoms with van der Waals surface area (Å²) in [5.74, 6) is 0.691. The van der Waals surface area contributed by atoms with E-state index in [1.165, 1.54) is 7.11 Å². The number of hydrogen-bond acceptors (Lipinski definition) is 3. The van der Waals surface area contributed by atoms with Crippen LogP contribution in [0.15, 0.2) is 29.2 Å². The first-order chi connectivity index (χ1) is 8.05. The van der Waals surface area contributed by atoms with Gasteiger partial charge in [0.2, 0.25) is 0 Å². The summed E-state index contributed by atoms with van der Waals surface area (Å²) in [4.78, 5) is 0.280. The van der Waals surface area contributed by atoms with Crippen molar-refractivity contribution >= 4 is 25.8 Å². The highest BCUT2D eigenvalue weighted by atomic mass is 79.9. The summed E-state index contributed by atoms with van der Waals surface area (Å²) in [6, 6.07) is 6.74. The summed E-state index contributed by atoms with van der Waals surface area (Å²) in [5, 5.41) is 0.692. The number of benzene rings is 1. The van der Waals surface area contributed by atoms with E-state index in [9.17, 15) is 8.42 Å². The van der Waals surface area contributed by atoms with Crippen molar-refractivity contribution in [2.75, 3.05) is 18.2 Å². The number of alkyl halides is 1. The number of methoxy groups -OCH3 is 1. The maximum absolute atomic E-state index is 12.2. The van der Waals surface area contributed by atoms with Gasteiger partial charge in [-0.25, -0.2) is 8.42 Å². The highest BCUT2D eigenvalue weighted by molar-refractivity contribution is 9.09. The smallest absolute Gasteiger partial charge is 0.182 e. The molecule has 0 aliphatic rings. The van der Waals surface area contributed by atoms with Gasteiger partial charge in [0, 0.05) is 5.33 Å². The molecule has 0 saturated heterocycles. The van der Waals surface area contributed by atoms with E-state index in [0.29, 0.717) is 11.1 Å². The third-order valence-electron chi connectivity index (χ3n) is 2.65. The predicted molar refractivity (Wildman–Crippen MR) is 72.6 cm³/mol. The van der Waals surface area contributed by atoms with Crippen LogP contribution in [0.1, 0.15) is 13.3 Å². The van der Waals surface area contributed by atoms with Gasteiger partial charge >= 0.3 is 0 Å². The molecule has 0 heterocycles. The summed E-state index contributed by atoms with van der Waals surface area (Å²) >= 11 is 3.34. The van der Waals surface area contributed by atoms with Crippen molar-refractivity contribution in [2.45, 2.75) is 18.2 Å². The van der Waals surface area contributed by atoms with Crippen LogP contribution in [0.4, 0.5) is 0 Å². The van der Waals surface area contributed by atoms with Crippen molar-refractivity contribution in [1.29, 1.82) is 0 Å². The van der Waals surface area contributed by atoms with Crippen LogP contribution in [0.5, 0.6) is 5.75 Å². The number of rotatable bonds is 6. The Hall–Kier alpha value is -0.550. The molecule has 0 aromatic heterocycles. The number of hydrogen-bond donors (Lipinski definition) is 0. The van der Waals surface area contributed by atoms with Crippen molar-refractivity contribution in [3.05, 3.63) is 24.3 Å². The second-order valence-corrected chi connectivity index (χ2v) is 6.51. The van der Waals surface area contributed by atoms with Gasteiger partial charge in [0.1, 0.15) is 10.6 Å². The van der Waals surface area contributed by atoms with Crippen molar-refractivity contribution in [1.82, 2.24) is 0 Å². The fourth-order valence-electron chi connectivity index (χ4n) is 1.55. The van der Waals surface area contributed by atoms with Gasteiger partial charge in [-0.15, -0.1) is 0 Å². The Balaban J connectivity index is 3.04. The zero-order chi connectivity index (χ0) is 12.9. The van der Waals surface area contributed by atoms with Crippen LogP contribution in [0, 0.1) is 5.92 Å². The van der Waals surface area contributed by atoms with Crippen LogP contribution in [-0.4, -0.2) is 26.6 Å². The fourth-order valence-corrected chi connectivity index (χ4v) is 4.43. The van der Waals surface area contributed by atoms with Crippen molar-refractivity contribution in [3.8, 4) is 5.75 Å². The number of ether oxygens (including phenoxy) is 1. The zero-order valence-electron chi connectivity index (χ0n) is 10.0. The van der Waals surface area contributed by atoms with E-state index in [4.69, 9.17) is 4.74 Å². The lowest BCUT2D eigenvalue weighted by atomic mass is 10.2. The van der Waals surface area contributed by atoms with Crippen LogP contribution >= 0.6 is 15.9 Å². The summed E-state index contributed by atoms with van der Waals surface area (Å²) in [7, 11) is -1.80. The zero-order valence-corrected chi connectivity index (χ0v) is 12.4. The van der Waals surface area contributed by atoms with Crippen LogP contribution in [-0.2, 0) is 9.84 Å². The summed E-state index contributed by atoms with van der Waals surface area (Å²) in [6.07, 6.45) is 0.833. The Morgan fingerprint density at radius 1 is 1.35 bits per heavy atom. The molecule has 0 N–H and O–H groups in total. The monoisotopic (exact) mass is 320 g/mol. The first-order valence-electron chi connectivity index (χ1n) is 5.46. The summed E-state index contributed by atoms with van der Waals surface area (Å²) in [5.41, 5.74) is 0. The van der Waals surface area contributed by atoms with Crippen molar-refractivity contribution in [3.63, 3.8) is 0 Å². The molecule has 1 unspecified atom stereocenters. The molecule has 1 aromatic rings. The number of para-hydroxylation sites is 1. The molecule has 1 atom stereocenters. The minimum absolute atomic E-state index is 0.130. The average Bonchev–Trinajstić information content (AvgIpc) is 2.35. The topological polar surface area (TPSA) is 43.4 Å². The van der Waals surface area contributed by atoms with Gasteiger partial charge < -0.3 is 4.74 Å². The van der Waals surface area contributed by atoms with E-state index in [1.807, 2.05) is 6.92 Å². The molecule has 0 aliphatic carbocycles. The molecule has 0 radical (unpaired) electrons. The standard InChI is InChI=1S/C12H17BrO3S/c1-3-10(8-13)9-17(14,15)12-7-5-4-6-11(12)16-2/h4-7,10H,3,8-9H2,1-2H3. The second kappa shape index (κ2) is 6.40. The molecule has 0 aliphatic heterocycles. The molecule has 0 spiro atoms. The Morgan fingerprint density at radius 2 is 2.00 bits per heavy atom. The molecule has 0 amide bonds. The Bertz CT molecular complexity index is 453. The SMILES string of the molecule is CCC(CBr)CS(=O)(=O)c1ccccc1OC. The van der Waals surface area contributed by atoms with Crippen LogP contribution in [0.3, 0.4) is 0 Å². The van der Waals surface area contributed by atoms with E-state index in [1.54, 1.807) is 24.3 Å². The molecule has 1 aromatic carbocycles. The summed E-state index contributed by atoms with van der Waals surface area (Å²) in [6.45, 7) is 1.99. The molecular formula is C12H17BrO3S. The molecule has 3 nitrogen and oxygen atoms in total. The molecular weight excluding hydrogens is 304 g/mol. The third-order valence-corrected chi connectivity index (χ3v) is 5.49. The van der Waals surface area contributed by atoms with Gasteiger partial charge in [-0.1, -0.05) is 41.4 Å². The Labute approximate surface area is 111 Å². The summed E-state index contributed by atoms with van der Waals surface area (Å²) < 4.78 is 29.6. The largest absolute Gasteiger partial charge is 0.495 e. The van der Waals surface area contributed by atoms with E-state index in [0.717, 1.165) is 6.42 Å². The molecule has 1 rings (SSSR count). The number of halogens is 1. The molecule has 0 fully saturated rings. The number of sulfone groups is 1. The van der Waals surface area contributed by atoms with E-state index in [-0.39, 0.29) is 16.6 Å². The normalized spacial score (nSPS) is 13.4. The third kappa shape index (κ3) is 3.71. The average molecular weight is 321 g/mol. The van der Waals surface area contributed by atoms with E-state index >= 15 is 0 Å². The predicted octanol–water partition coefficient (Wildman–Crippen LogP) is 2.89. The lowest BCUT2D eigenvalue weighted by molar-refractivity contribution is 0.402. The van der Waals surface area contributed by atoms with Gasteiger partial charge in [0.15, 0.2) is 9.84 Å². The van der Waals surface area contributed by atoms with Crippen LogP contribution < -0.4 is 4.74 Å². The lowest BCUT2D eigenvalue weighted by Crippen LogP contribution is -2.17. The van der Waals surface area contributed by atoms with Crippen molar-refractivity contribution in [2.24, 2.45) is 5.92 Å². The van der Waals surface area contributed by atoms with Gasteiger partial charge in [-0.2, -0.15) is 0 Å². The van der Waals surface area contributed by atoms with Gasteiger partial charge in [0.05, 0.1) is 12.9 Å². The van der Waals surface area contributed by atoms with Crippen LogP contribution in [0.2, 0.25) is 0 Å². The maximum atomic E-state index is 12.2. The minimum Gasteiger partial charge on any atom is -0.495 e. The first-order valence-corrected chi connectivity index (χ1v) is 8.24. The highest BCUT2D eigenvalue weighted by Crippen LogP contribution is 2.26. The quantitative estimate of drug-likeness (QED) is 0.757. The lowest BCUT2D eigenvalue weighted by Gasteiger charge is -2.13. The molecule has 5 heteroatoms. The van der Waals surface area contributed by atoms with E-state index in [2.05, 4.69) is 15.9 Å². The van der Waals surface area contributed by atoms with Gasteiger partial charge in [-0.3, -0.25) is 0 Å².